The van der Waals surface area contributed by atoms with Crippen LogP contribution in [0.15, 0.2) is 72.8 Å². The molecule has 3 aromatic rings. The second-order valence-electron chi connectivity index (χ2n) is 9.54. The van der Waals surface area contributed by atoms with Crippen molar-refractivity contribution >= 4 is 34.9 Å². The summed E-state index contributed by atoms with van der Waals surface area (Å²) >= 11 is 0. The number of ether oxygens (including phenoxy) is 2. The van der Waals surface area contributed by atoms with Crippen molar-refractivity contribution in [3.05, 3.63) is 89.7 Å². The Morgan fingerprint density at radius 1 is 0.875 bits per heavy atom. The van der Waals surface area contributed by atoms with E-state index in [1.807, 2.05) is 9.80 Å². The van der Waals surface area contributed by atoms with Crippen molar-refractivity contribution in [2.24, 2.45) is 0 Å². The molecule has 0 radical (unpaired) electrons. The summed E-state index contributed by atoms with van der Waals surface area (Å²) in [5, 5.41) is 0. The molecule has 0 saturated carbocycles. The number of piperazine rings is 1. The van der Waals surface area contributed by atoms with Gasteiger partial charge in [-0.15, -0.1) is 0 Å². The molecule has 0 bridgehead atoms. The number of esters is 1. The maximum absolute atomic E-state index is 14.2. The van der Waals surface area contributed by atoms with E-state index >= 15 is 0 Å². The molecule has 0 spiro atoms. The standard InChI is InChI=1S/C30H28FN3O6/c1-39-23-12-8-20(9-13-23)27(35)19-40-30(38)21-6-10-22(11-7-21)34-28(36)18-26(29(34)37)33-16-14-32(15-17-33)25-5-3-2-4-24(25)31/h2-13,26H,14-19H2,1H3. The molecule has 2 amide bonds. The van der Waals surface area contributed by atoms with Crippen LogP contribution in [0.3, 0.4) is 0 Å². The van der Waals surface area contributed by atoms with Crippen LogP contribution in [-0.2, 0) is 14.3 Å². The first-order valence-corrected chi connectivity index (χ1v) is 12.9. The molecule has 0 aliphatic carbocycles. The zero-order chi connectivity index (χ0) is 28.2. The molecule has 1 atom stereocenters. The lowest BCUT2D eigenvalue weighted by molar-refractivity contribution is -0.123. The fourth-order valence-electron chi connectivity index (χ4n) is 4.98. The number of hydrogen-bond acceptors (Lipinski definition) is 8. The summed E-state index contributed by atoms with van der Waals surface area (Å²) in [4.78, 5) is 55.9. The van der Waals surface area contributed by atoms with Crippen molar-refractivity contribution in [3.8, 4) is 5.75 Å². The van der Waals surface area contributed by atoms with Gasteiger partial charge in [0, 0.05) is 31.7 Å². The van der Waals surface area contributed by atoms with Crippen molar-refractivity contribution in [1.29, 1.82) is 0 Å². The van der Waals surface area contributed by atoms with E-state index in [2.05, 4.69) is 0 Å². The largest absolute Gasteiger partial charge is 0.497 e. The van der Waals surface area contributed by atoms with Gasteiger partial charge in [0.15, 0.2) is 12.4 Å². The van der Waals surface area contributed by atoms with Crippen molar-refractivity contribution in [2.45, 2.75) is 12.5 Å². The third-order valence-electron chi connectivity index (χ3n) is 7.18. The fraction of sp³-hybridized carbons (Fsp3) is 0.267. The lowest BCUT2D eigenvalue weighted by atomic mass is 10.1. The first-order chi connectivity index (χ1) is 19.4. The molecule has 2 saturated heterocycles. The second kappa shape index (κ2) is 11.7. The van der Waals surface area contributed by atoms with Gasteiger partial charge < -0.3 is 14.4 Å². The van der Waals surface area contributed by atoms with Crippen LogP contribution in [-0.4, -0.2) is 74.4 Å². The normalized spacial score (nSPS) is 17.7. The molecule has 2 fully saturated rings. The summed E-state index contributed by atoms with van der Waals surface area (Å²) in [7, 11) is 1.52. The lowest BCUT2D eigenvalue weighted by Gasteiger charge is -2.38. The van der Waals surface area contributed by atoms with Gasteiger partial charge >= 0.3 is 5.97 Å². The topological polar surface area (TPSA) is 96.5 Å². The summed E-state index contributed by atoms with van der Waals surface area (Å²) in [5.74, 6) is -1.39. The highest BCUT2D eigenvalue weighted by Crippen LogP contribution is 2.28. The molecule has 0 N–H and O–H groups in total. The Morgan fingerprint density at radius 3 is 2.17 bits per heavy atom. The number of imide groups is 1. The van der Waals surface area contributed by atoms with Crippen LogP contribution in [0.25, 0.3) is 0 Å². The summed E-state index contributed by atoms with van der Waals surface area (Å²) in [5.41, 5.74) is 1.46. The van der Waals surface area contributed by atoms with Gasteiger partial charge in [-0.2, -0.15) is 0 Å². The highest BCUT2D eigenvalue weighted by molar-refractivity contribution is 6.22. The summed E-state index contributed by atoms with van der Waals surface area (Å²) in [6.07, 6.45) is 0.0514. The third-order valence-corrected chi connectivity index (χ3v) is 7.18. The van der Waals surface area contributed by atoms with Crippen LogP contribution in [0.2, 0.25) is 0 Å². The van der Waals surface area contributed by atoms with Crippen LogP contribution in [0.5, 0.6) is 5.75 Å². The van der Waals surface area contributed by atoms with E-state index in [-0.39, 0.29) is 35.4 Å². The molecule has 3 aromatic carbocycles. The van der Waals surface area contributed by atoms with Crippen LogP contribution < -0.4 is 14.5 Å². The lowest BCUT2D eigenvalue weighted by Crippen LogP contribution is -2.52. The second-order valence-corrected chi connectivity index (χ2v) is 9.54. The number of nitrogens with zero attached hydrogens (tertiary/aromatic N) is 3. The van der Waals surface area contributed by atoms with Crippen molar-refractivity contribution < 1.29 is 33.0 Å². The monoisotopic (exact) mass is 545 g/mol. The summed E-state index contributed by atoms with van der Waals surface area (Å²) in [6, 6.07) is 18.4. The molecule has 2 aliphatic heterocycles. The van der Waals surface area contributed by atoms with Crippen LogP contribution >= 0.6 is 0 Å². The van der Waals surface area contributed by atoms with E-state index in [0.29, 0.717) is 48.9 Å². The zero-order valence-corrected chi connectivity index (χ0v) is 21.9. The Labute approximate surface area is 230 Å². The molecule has 2 aliphatic rings. The van der Waals surface area contributed by atoms with Gasteiger partial charge in [0.25, 0.3) is 5.91 Å². The minimum absolute atomic E-state index is 0.0514. The highest BCUT2D eigenvalue weighted by Gasteiger charge is 2.43. The smallest absolute Gasteiger partial charge is 0.338 e. The molecule has 206 valence electrons. The molecule has 10 heteroatoms. The van der Waals surface area contributed by atoms with Gasteiger partial charge in [0.05, 0.1) is 36.5 Å². The minimum Gasteiger partial charge on any atom is -0.497 e. The minimum atomic E-state index is -0.696. The highest BCUT2D eigenvalue weighted by atomic mass is 19.1. The van der Waals surface area contributed by atoms with E-state index in [9.17, 15) is 23.6 Å². The van der Waals surface area contributed by atoms with Crippen LogP contribution in [0, 0.1) is 5.82 Å². The molecule has 0 aromatic heterocycles. The number of carbonyl (C=O) groups excluding carboxylic acids is 4. The Bertz CT molecular complexity index is 1420. The van der Waals surface area contributed by atoms with Gasteiger partial charge in [0.1, 0.15) is 11.6 Å². The molecule has 2 heterocycles. The number of methoxy groups -OCH3 is 1. The Morgan fingerprint density at radius 2 is 1.52 bits per heavy atom. The summed E-state index contributed by atoms with van der Waals surface area (Å²) < 4.78 is 24.4. The number of amides is 2. The molecule has 5 rings (SSSR count). The van der Waals surface area contributed by atoms with Gasteiger partial charge in [-0.25, -0.2) is 14.1 Å². The molecular weight excluding hydrogens is 517 g/mol. The average molecular weight is 546 g/mol. The van der Waals surface area contributed by atoms with E-state index in [1.165, 1.54) is 37.4 Å². The van der Waals surface area contributed by atoms with Crippen LogP contribution in [0.1, 0.15) is 27.1 Å². The SMILES string of the molecule is COc1ccc(C(=O)COC(=O)c2ccc(N3C(=O)CC(N4CCN(c5ccccc5F)CC4)C3=O)cc2)cc1. The predicted molar refractivity (Wildman–Crippen MR) is 145 cm³/mol. The zero-order valence-electron chi connectivity index (χ0n) is 21.9. The number of halogens is 1. The molecule has 9 nitrogen and oxygen atoms in total. The Hall–Kier alpha value is -4.57. The number of benzene rings is 3. The third kappa shape index (κ3) is 5.57. The number of hydrogen-bond donors (Lipinski definition) is 0. The quantitative estimate of drug-likeness (QED) is 0.242. The number of rotatable bonds is 8. The fourth-order valence-corrected chi connectivity index (χ4v) is 4.98. The van der Waals surface area contributed by atoms with E-state index in [1.54, 1.807) is 42.5 Å². The first-order valence-electron chi connectivity index (χ1n) is 12.9. The number of anilines is 2. The number of ketones is 1. The van der Waals surface area contributed by atoms with E-state index in [4.69, 9.17) is 9.47 Å². The van der Waals surface area contributed by atoms with Crippen LogP contribution in [0.4, 0.5) is 15.8 Å². The maximum atomic E-state index is 14.2. The van der Waals surface area contributed by atoms with Crippen molar-refractivity contribution in [2.75, 3.05) is 49.7 Å². The van der Waals surface area contributed by atoms with E-state index in [0.717, 1.165) is 4.90 Å². The van der Waals surface area contributed by atoms with E-state index < -0.39 is 18.6 Å². The van der Waals surface area contributed by atoms with Crippen molar-refractivity contribution in [1.82, 2.24) is 4.90 Å². The maximum Gasteiger partial charge on any atom is 0.338 e. The van der Waals surface area contributed by atoms with Gasteiger partial charge in [-0.05, 0) is 60.7 Å². The number of carbonyl (C=O) groups is 4. The van der Waals surface area contributed by atoms with Gasteiger partial charge in [-0.1, -0.05) is 12.1 Å². The molecular formula is C30H28FN3O6. The van der Waals surface area contributed by atoms with Gasteiger partial charge in [0.2, 0.25) is 5.91 Å². The first kappa shape index (κ1) is 27.0. The Balaban J connectivity index is 1.16. The predicted octanol–water partition coefficient (Wildman–Crippen LogP) is 3.33. The number of Topliss-reactive ketones (excluding diaryl/α,β-unsaturated/α-hetero) is 1. The average Bonchev–Trinajstić information content (AvgIpc) is 3.29. The van der Waals surface area contributed by atoms with Crippen molar-refractivity contribution in [3.63, 3.8) is 0 Å². The number of para-hydroxylation sites is 1. The molecule has 40 heavy (non-hydrogen) atoms. The Kier molecular flexibility index (Phi) is 7.88. The van der Waals surface area contributed by atoms with Gasteiger partial charge in [-0.3, -0.25) is 19.3 Å². The summed E-state index contributed by atoms with van der Waals surface area (Å²) in [6.45, 7) is 1.69. The molecule has 1 unspecified atom stereocenters.